The molecule has 0 heterocycles. The third kappa shape index (κ3) is 4.56. The normalized spacial score (nSPS) is 11.4. The highest BCUT2D eigenvalue weighted by molar-refractivity contribution is 5.78. The molecule has 0 radical (unpaired) electrons. The molecule has 0 aliphatic carbocycles. The van der Waals surface area contributed by atoms with Gasteiger partial charge >= 0.3 is 0 Å². The summed E-state index contributed by atoms with van der Waals surface area (Å²) in [6.07, 6.45) is 0.622. The zero-order chi connectivity index (χ0) is 12.7. The Kier molecular flexibility index (Phi) is 5.02. The van der Waals surface area contributed by atoms with E-state index in [0.717, 1.165) is 11.3 Å². The molecule has 0 bridgehead atoms. The second kappa shape index (κ2) is 6.54. The van der Waals surface area contributed by atoms with Crippen molar-refractivity contribution in [2.45, 2.75) is 25.8 Å². The van der Waals surface area contributed by atoms with Gasteiger partial charge < -0.3 is 10.1 Å². The first kappa shape index (κ1) is 13.0. The Labute approximate surface area is 101 Å². The van der Waals surface area contributed by atoms with Gasteiger partial charge in [-0.1, -0.05) is 12.1 Å². The molecule has 1 unspecified atom stereocenters. The van der Waals surface area contributed by atoms with Crippen molar-refractivity contribution < 1.29 is 9.53 Å². The first-order valence-electron chi connectivity index (χ1n) is 5.45. The Morgan fingerprint density at radius 2 is 2.35 bits per heavy atom. The summed E-state index contributed by atoms with van der Waals surface area (Å²) >= 11 is 0. The van der Waals surface area contributed by atoms with Crippen molar-refractivity contribution in [2.24, 2.45) is 0 Å². The van der Waals surface area contributed by atoms with Gasteiger partial charge in [-0.05, 0) is 24.6 Å². The minimum absolute atomic E-state index is 0.0824. The minimum Gasteiger partial charge on any atom is -0.497 e. The van der Waals surface area contributed by atoms with Gasteiger partial charge in [0.25, 0.3) is 0 Å². The van der Waals surface area contributed by atoms with Gasteiger partial charge in [-0.15, -0.1) is 0 Å². The lowest BCUT2D eigenvalue weighted by Crippen LogP contribution is -2.33. The van der Waals surface area contributed by atoms with Crippen LogP contribution in [0.4, 0.5) is 0 Å². The quantitative estimate of drug-likeness (QED) is 0.839. The number of rotatable bonds is 5. The van der Waals surface area contributed by atoms with E-state index in [9.17, 15) is 4.79 Å². The lowest BCUT2D eigenvalue weighted by Gasteiger charge is -2.10. The summed E-state index contributed by atoms with van der Waals surface area (Å²) < 4.78 is 5.08. The Morgan fingerprint density at radius 1 is 1.59 bits per heavy atom. The van der Waals surface area contributed by atoms with Crippen LogP contribution in [0.25, 0.3) is 0 Å². The third-order valence-electron chi connectivity index (χ3n) is 2.30. The largest absolute Gasteiger partial charge is 0.497 e. The highest BCUT2D eigenvalue weighted by Gasteiger charge is 2.08. The van der Waals surface area contributed by atoms with Gasteiger partial charge in [0.05, 0.1) is 26.0 Å². The number of hydrogen-bond acceptors (Lipinski definition) is 3. The summed E-state index contributed by atoms with van der Waals surface area (Å²) in [5.74, 6) is 0.654. The van der Waals surface area contributed by atoms with Gasteiger partial charge in [-0.25, -0.2) is 0 Å². The fourth-order valence-corrected chi connectivity index (χ4v) is 1.48. The number of methoxy groups -OCH3 is 1. The van der Waals surface area contributed by atoms with Gasteiger partial charge in [-0.2, -0.15) is 5.26 Å². The summed E-state index contributed by atoms with van der Waals surface area (Å²) in [4.78, 5) is 11.6. The van der Waals surface area contributed by atoms with E-state index in [1.807, 2.05) is 37.3 Å². The highest BCUT2D eigenvalue weighted by atomic mass is 16.5. The molecule has 1 atom stereocenters. The van der Waals surface area contributed by atoms with Crippen LogP contribution in [0.3, 0.4) is 0 Å². The van der Waals surface area contributed by atoms with Crippen LogP contribution in [0.1, 0.15) is 18.9 Å². The van der Waals surface area contributed by atoms with E-state index in [0.29, 0.717) is 12.8 Å². The molecule has 1 aromatic carbocycles. The van der Waals surface area contributed by atoms with Gasteiger partial charge in [0.15, 0.2) is 0 Å². The van der Waals surface area contributed by atoms with Crippen LogP contribution in [0.2, 0.25) is 0 Å². The zero-order valence-corrected chi connectivity index (χ0v) is 10.1. The number of carbonyl (C=O) groups excluding carboxylic acids is 1. The second-order valence-corrected chi connectivity index (χ2v) is 3.86. The number of nitriles is 1. The number of ether oxygens (including phenoxy) is 1. The standard InChI is InChI=1S/C13H16N2O2/c1-10(6-7-14)15-13(16)9-11-4-3-5-12(8-11)17-2/h3-5,8,10H,6,9H2,1-2H3,(H,15,16). The van der Waals surface area contributed by atoms with Gasteiger partial charge in [0.2, 0.25) is 5.91 Å². The predicted molar refractivity (Wildman–Crippen MR) is 64.5 cm³/mol. The molecule has 4 heteroatoms. The van der Waals surface area contributed by atoms with Crippen LogP contribution >= 0.6 is 0 Å². The molecule has 1 N–H and O–H groups in total. The van der Waals surface area contributed by atoms with Crippen molar-refractivity contribution in [3.63, 3.8) is 0 Å². The molecule has 1 rings (SSSR count). The van der Waals surface area contributed by atoms with Crippen molar-refractivity contribution in [1.82, 2.24) is 5.32 Å². The Hall–Kier alpha value is -2.02. The molecule has 0 aliphatic rings. The van der Waals surface area contributed by atoms with E-state index in [2.05, 4.69) is 5.32 Å². The molecule has 0 aliphatic heterocycles. The molecule has 17 heavy (non-hydrogen) atoms. The van der Waals surface area contributed by atoms with Crippen molar-refractivity contribution >= 4 is 5.91 Å². The van der Waals surface area contributed by atoms with Crippen molar-refractivity contribution in [3.8, 4) is 11.8 Å². The Morgan fingerprint density at radius 3 is 3.00 bits per heavy atom. The Balaban J connectivity index is 2.53. The maximum Gasteiger partial charge on any atom is 0.224 e. The molecular weight excluding hydrogens is 216 g/mol. The van der Waals surface area contributed by atoms with E-state index >= 15 is 0 Å². The van der Waals surface area contributed by atoms with Crippen molar-refractivity contribution in [1.29, 1.82) is 5.26 Å². The topological polar surface area (TPSA) is 62.1 Å². The minimum atomic E-state index is -0.113. The van der Waals surface area contributed by atoms with Crippen LogP contribution in [0, 0.1) is 11.3 Å². The summed E-state index contributed by atoms with van der Waals surface area (Å²) in [5, 5.41) is 11.3. The molecular formula is C13H16N2O2. The number of amides is 1. The molecule has 90 valence electrons. The Bertz CT molecular complexity index is 424. The number of nitrogens with zero attached hydrogens (tertiary/aromatic N) is 1. The van der Waals surface area contributed by atoms with E-state index in [4.69, 9.17) is 10.00 Å². The van der Waals surface area contributed by atoms with E-state index in [-0.39, 0.29) is 11.9 Å². The molecule has 0 aromatic heterocycles. The van der Waals surface area contributed by atoms with Gasteiger partial charge in [0, 0.05) is 6.04 Å². The fourth-order valence-electron chi connectivity index (χ4n) is 1.48. The maximum atomic E-state index is 11.6. The van der Waals surface area contributed by atoms with Crippen LogP contribution in [-0.2, 0) is 11.2 Å². The first-order valence-corrected chi connectivity index (χ1v) is 5.45. The fraction of sp³-hybridized carbons (Fsp3) is 0.385. The monoisotopic (exact) mass is 232 g/mol. The number of benzene rings is 1. The number of hydrogen-bond donors (Lipinski definition) is 1. The maximum absolute atomic E-state index is 11.6. The van der Waals surface area contributed by atoms with E-state index in [1.165, 1.54) is 0 Å². The predicted octanol–water partition coefficient (Wildman–Crippen LogP) is 1.66. The summed E-state index contributed by atoms with van der Waals surface area (Å²) in [7, 11) is 1.59. The molecule has 0 fully saturated rings. The second-order valence-electron chi connectivity index (χ2n) is 3.86. The van der Waals surface area contributed by atoms with E-state index in [1.54, 1.807) is 7.11 Å². The molecule has 0 saturated heterocycles. The number of nitrogens with one attached hydrogen (secondary N) is 1. The lowest BCUT2D eigenvalue weighted by molar-refractivity contribution is -0.121. The van der Waals surface area contributed by atoms with Crippen molar-refractivity contribution in [2.75, 3.05) is 7.11 Å². The third-order valence-corrected chi connectivity index (χ3v) is 2.30. The van der Waals surface area contributed by atoms with Crippen LogP contribution in [-0.4, -0.2) is 19.1 Å². The van der Waals surface area contributed by atoms with Crippen molar-refractivity contribution in [3.05, 3.63) is 29.8 Å². The summed E-state index contributed by atoms with van der Waals surface area (Å²) in [5.41, 5.74) is 0.894. The van der Waals surface area contributed by atoms with Gasteiger partial charge in [0.1, 0.15) is 5.75 Å². The van der Waals surface area contributed by atoms with Gasteiger partial charge in [-0.3, -0.25) is 4.79 Å². The molecule has 4 nitrogen and oxygen atoms in total. The van der Waals surface area contributed by atoms with Crippen LogP contribution < -0.4 is 10.1 Å². The summed E-state index contributed by atoms with van der Waals surface area (Å²) in [6.45, 7) is 1.81. The van der Waals surface area contributed by atoms with E-state index < -0.39 is 0 Å². The number of carbonyl (C=O) groups is 1. The molecule has 0 spiro atoms. The summed E-state index contributed by atoms with van der Waals surface area (Å²) in [6, 6.07) is 9.29. The first-order chi connectivity index (χ1) is 8.15. The highest BCUT2D eigenvalue weighted by Crippen LogP contribution is 2.12. The van der Waals surface area contributed by atoms with Crippen LogP contribution in [0.15, 0.2) is 24.3 Å². The average Bonchev–Trinajstić information content (AvgIpc) is 2.29. The SMILES string of the molecule is COc1cccc(CC(=O)NC(C)CC#N)c1. The lowest BCUT2D eigenvalue weighted by atomic mass is 10.1. The van der Waals surface area contributed by atoms with Crippen LogP contribution in [0.5, 0.6) is 5.75 Å². The molecule has 0 saturated carbocycles. The zero-order valence-electron chi connectivity index (χ0n) is 10.1. The smallest absolute Gasteiger partial charge is 0.224 e. The molecule has 1 aromatic rings. The molecule has 1 amide bonds. The average molecular weight is 232 g/mol.